The normalized spacial score (nSPS) is 16.4. The van der Waals surface area contributed by atoms with Crippen LogP contribution in [0.2, 0.25) is 0 Å². The van der Waals surface area contributed by atoms with E-state index in [1.807, 2.05) is 0 Å². The van der Waals surface area contributed by atoms with Crippen LogP contribution in [0, 0.1) is 0 Å². The summed E-state index contributed by atoms with van der Waals surface area (Å²) in [7, 11) is -3.54. The Labute approximate surface area is 110 Å². The standard InChI is InChI=1S/C12H15F3O3S/c1-8(2)19(17,18)10-6-4-9(5-7-10)11(3,16)12(13,14)15/h4-8,16H,1-3H3/t11-/m0/s1. The molecule has 0 spiro atoms. The van der Waals surface area contributed by atoms with Crippen LogP contribution >= 0.6 is 0 Å². The van der Waals surface area contributed by atoms with Crippen LogP contribution in [0.3, 0.4) is 0 Å². The summed E-state index contributed by atoms with van der Waals surface area (Å²) >= 11 is 0. The van der Waals surface area contributed by atoms with Gasteiger partial charge in [0.15, 0.2) is 15.4 Å². The van der Waals surface area contributed by atoms with Crippen molar-refractivity contribution in [3.8, 4) is 0 Å². The highest BCUT2D eigenvalue weighted by atomic mass is 32.2. The van der Waals surface area contributed by atoms with Gasteiger partial charge < -0.3 is 5.11 Å². The van der Waals surface area contributed by atoms with E-state index < -0.39 is 32.4 Å². The molecule has 3 nitrogen and oxygen atoms in total. The van der Waals surface area contributed by atoms with Gasteiger partial charge in [0, 0.05) is 0 Å². The van der Waals surface area contributed by atoms with Crippen LogP contribution in [0.4, 0.5) is 13.2 Å². The average molecular weight is 296 g/mol. The number of benzene rings is 1. The first-order valence-corrected chi connectivity index (χ1v) is 7.09. The molecule has 0 unspecified atom stereocenters. The SMILES string of the molecule is CC(C)S(=O)(=O)c1ccc([C@](C)(O)C(F)(F)F)cc1. The van der Waals surface area contributed by atoms with Crippen molar-refractivity contribution >= 4 is 9.84 Å². The van der Waals surface area contributed by atoms with E-state index in [1.165, 1.54) is 13.8 Å². The topological polar surface area (TPSA) is 54.4 Å². The van der Waals surface area contributed by atoms with Crippen LogP contribution in [0.1, 0.15) is 26.3 Å². The molecule has 0 aliphatic rings. The fourth-order valence-electron chi connectivity index (χ4n) is 1.40. The lowest BCUT2D eigenvalue weighted by atomic mass is 9.96. The largest absolute Gasteiger partial charge is 0.421 e. The third kappa shape index (κ3) is 2.92. The van der Waals surface area contributed by atoms with Crippen LogP contribution in [-0.4, -0.2) is 25.0 Å². The molecule has 0 saturated carbocycles. The number of hydrogen-bond acceptors (Lipinski definition) is 3. The molecular formula is C12H15F3O3S. The first-order valence-electron chi connectivity index (χ1n) is 5.54. The monoisotopic (exact) mass is 296 g/mol. The minimum Gasteiger partial charge on any atom is -0.376 e. The summed E-state index contributed by atoms with van der Waals surface area (Å²) in [5, 5.41) is 8.79. The zero-order chi connectivity index (χ0) is 15.1. The number of alkyl halides is 3. The molecule has 19 heavy (non-hydrogen) atoms. The third-order valence-electron chi connectivity index (χ3n) is 2.92. The molecule has 0 aliphatic heterocycles. The van der Waals surface area contributed by atoms with E-state index in [-0.39, 0.29) is 4.90 Å². The molecule has 1 aromatic carbocycles. The summed E-state index contributed by atoms with van der Waals surface area (Å²) in [6, 6.07) is 4.10. The Kier molecular flexibility index (Phi) is 4.03. The molecule has 7 heteroatoms. The summed E-state index contributed by atoms with van der Waals surface area (Å²) in [5.41, 5.74) is -3.41. The molecule has 1 N–H and O–H groups in total. The third-order valence-corrected chi connectivity index (χ3v) is 5.09. The number of halogens is 3. The van der Waals surface area contributed by atoms with Gasteiger partial charge in [-0.2, -0.15) is 13.2 Å². The smallest absolute Gasteiger partial charge is 0.376 e. The van der Waals surface area contributed by atoms with E-state index in [4.69, 9.17) is 0 Å². The lowest BCUT2D eigenvalue weighted by molar-refractivity contribution is -0.258. The number of sulfone groups is 1. The predicted molar refractivity (Wildman–Crippen MR) is 64.4 cm³/mol. The van der Waals surface area contributed by atoms with Crippen molar-refractivity contribution in [1.82, 2.24) is 0 Å². The first-order chi connectivity index (χ1) is 8.40. The first kappa shape index (κ1) is 16.0. The van der Waals surface area contributed by atoms with E-state index >= 15 is 0 Å². The van der Waals surface area contributed by atoms with Crippen molar-refractivity contribution in [3.63, 3.8) is 0 Å². The Balaban J connectivity index is 3.22. The van der Waals surface area contributed by atoms with Gasteiger partial charge >= 0.3 is 6.18 Å². The molecule has 1 atom stereocenters. The minimum atomic E-state index is -4.83. The van der Waals surface area contributed by atoms with Gasteiger partial charge in [0.25, 0.3) is 0 Å². The molecule has 0 fully saturated rings. The second kappa shape index (κ2) is 4.79. The van der Waals surface area contributed by atoms with Gasteiger partial charge in [0.2, 0.25) is 0 Å². The van der Waals surface area contributed by atoms with Crippen LogP contribution in [0.5, 0.6) is 0 Å². The van der Waals surface area contributed by atoms with Gasteiger partial charge in [-0.15, -0.1) is 0 Å². The van der Waals surface area contributed by atoms with E-state index in [0.717, 1.165) is 24.3 Å². The second-order valence-electron chi connectivity index (χ2n) is 4.69. The van der Waals surface area contributed by atoms with Crippen molar-refractivity contribution in [2.75, 3.05) is 0 Å². The maximum Gasteiger partial charge on any atom is 0.421 e. The summed E-state index contributed by atoms with van der Waals surface area (Å²) in [5.74, 6) is 0. The minimum absolute atomic E-state index is 0.0655. The number of rotatable bonds is 3. The van der Waals surface area contributed by atoms with Crippen molar-refractivity contribution in [2.24, 2.45) is 0 Å². The highest BCUT2D eigenvalue weighted by Crippen LogP contribution is 2.38. The Hall–Kier alpha value is -1.08. The molecular weight excluding hydrogens is 281 g/mol. The fraction of sp³-hybridized carbons (Fsp3) is 0.500. The van der Waals surface area contributed by atoms with Crippen LogP contribution in [0.15, 0.2) is 29.2 Å². The van der Waals surface area contributed by atoms with Crippen molar-refractivity contribution in [2.45, 2.75) is 42.7 Å². The highest BCUT2D eigenvalue weighted by molar-refractivity contribution is 7.92. The molecule has 1 rings (SSSR count). The second-order valence-corrected chi connectivity index (χ2v) is 7.19. The quantitative estimate of drug-likeness (QED) is 0.933. The molecule has 0 bridgehead atoms. The van der Waals surface area contributed by atoms with E-state index in [0.29, 0.717) is 6.92 Å². The summed E-state index contributed by atoms with van der Waals surface area (Å²) < 4.78 is 61.5. The Morgan fingerprint density at radius 3 is 1.84 bits per heavy atom. The van der Waals surface area contributed by atoms with Gasteiger partial charge in [0.05, 0.1) is 10.1 Å². The van der Waals surface area contributed by atoms with Crippen molar-refractivity contribution in [1.29, 1.82) is 0 Å². The molecule has 0 aliphatic carbocycles. The van der Waals surface area contributed by atoms with E-state index in [2.05, 4.69) is 0 Å². The van der Waals surface area contributed by atoms with Gasteiger partial charge in [-0.25, -0.2) is 8.42 Å². The molecule has 0 radical (unpaired) electrons. The lowest BCUT2D eigenvalue weighted by Gasteiger charge is -2.26. The van der Waals surface area contributed by atoms with Crippen LogP contribution in [-0.2, 0) is 15.4 Å². The van der Waals surface area contributed by atoms with Gasteiger partial charge in [-0.1, -0.05) is 12.1 Å². The molecule has 108 valence electrons. The van der Waals surface area contributed by atoms with E-state index in [1.54, 1.807) is 0 Å². The van der Waals surface area contributed by atoms with Crippen molar-refractivity contribution in [3.05, 3.63) is 29.8 Å². The lowest BCUT2D eigenvalue weighted by Crippen LogP contribution is -2.39. The zero-order valence-corrected chi connectivity index (χ0v) is 11.5. The molecule has 0 heterocycles. The van der Waals surface area contributed by atoms with E-state index in [9.17, 15) is 26.7 Å². The van der Waals surface area contributed by atoms with Crippen molar-refractivity contribution < 1.29 is 26.7 Å². The maximum absolute atomic E-state index is 12.6. The van der Waals surface area contributed by atoms with Crippen LogP contribution in [0.25, 0.3) is 0 Å². The predicted octanol–water partition coefficient (Wildman–Crippen LogP) is 2.64. The Morgan fingerprint density at radius 1 is 1.11 bits per heavy atom. The fourth-order valence-corrected chi connectivity index (χ4v) is 2.46. The summed E-state index contributed by atoms with van der Waals surface area (Å²) in [4.78, 5) is -0.0655. The Bertz CT molecular complexity index is 543. The number of hydrogen-bond donors (Lipinski definition) is 1. The Morgan fingerprint density at radius 2 is 1.53 bits per heavy atom. The van der Waals surface area contributed by atoms with Gasteiger partial charge in [-0.3, -0.25) is 0 Å². The molecule has 0 saturated heterocycles. The molecule has 1 aromatic rings. The molecule has 0 aromatic heterocycles. The van der Waals surface area contributed by atoms with Crippen LogP contribution < -0.4 is 0 Å². The molecule has 0 amide bonds. The number of aliphatic hydroxyl groups is 1. The summed E-state index contributed by atoms with van der Waals surface area (Å²) in [6.45, 7) is 3.59. The zero-order valence-electron chi connectivity index (χ0n) is 10.7. The average Bonchev–Trinajstić information content (AvgIpc) is 2.27. The van der Waals surface area contributed by atoms with Gasteiger partial charge in [0.1, 0.15) is 0 Å². The summed E-state index contributed by atoms with van der Waals surface area (Å²) in [6.07, 6.45) is -4.83. The van der Waals surface area contributed by atoms with Gasteiger partial charge in [-0.05, 0) is 38.5 Å². The maximum atomic E-state index is 12.6. The highest BCUT2D eigenvalue weighted by Gasteiger charge is 2.51.